The number of hydrazone groups is 1. The first-order chi connectivity index (χ1) is 17.4. The molecule has 4 rings (SSSR count). The molecule has 184 valence electrons. The molecule has 0 aromatic heterocycles. The maximum Gasteiger partial charge on any atom is 0.275 e. The third-order valence-corrected chi connectivity index (χ3v) is 6.65. The Labute approximate surface area is 226 Å². The van der Waals surface area contributed by atoms with Crippen LogP contribution in [0.3, 0.4) is 0 Å². The van der Waals surface area contributed by atoms with Crippen molar-refractivity contribution in [2.75, 3.05) is 6.61 Å². The van der Waals surface area contributed by atoms with Crippen molar-refractivity contribution >= 4 is 62.0 Å². The third-order valence-electron chi connectivity index (χ3n) is 5.22. The topological polar surface area (TPSA) is 80.2 Å². The molecule has 0 bridgehead atoms. The van der Waals surface area contributed by atoms with Crippen LogP contribution in [0.4, 0.5) is 0 Å². The molecule has 0 radical (unpaired) electrons. The molecule has 0 atom stereocenters. The number of fused-ring (bicyclic) bond motifs is 1. The number of hydrogen-bond donors (Lipinski definition) is 2. The zero-order chi connectivity index (χ0) is 25.7. The fourth-order valence-corrected chi connectivity index (χ4v) is 4.20. The fraction of sp³-hybridized carbons (Fsp3) is 0.111. The molecular formula is C27H21BrCl2N2O4. The largest absolute Gasteiger partial charge is 0.507 e. The van der Waals surface area contributed by atoms with E-state index in [0.29, 0.717) is 38.2 Å². The second-order valence-electron chi connectivity index (χ2n) is 7.71. The van der Waals surface area contributed by atoms with Gasteiger partial charge in [0.2, 0.25) is 0 Å². The average molecular weight is 588 g/mol. The number of aromatic hydroxyl groups is 1. The van der Waals surface area contributed by atoms with E-state index in [2.05, 4.69) is 26.5 Å². The number of carbonyl (C=O) groups excluding carboxylic acids is 1. The molecule has 36 heavy (non-hydrogen) atoms. The van der Waals surface area contributed by atoms with Gasteiger partial charge in [0.15, 0.2) is 11.5 Å². The number of halogens is 3. The predicted octanol–water partition coefficient (Wildman–Crippen LogP) is 7.36. The van der Waals surface area contributed by atoms with Gasteiger partial charge in [-0.2, -0.15) is 5.10 Å². The van der Waals surface area contributed by atoms with Crippen LogP contribution >= 0.6 is 39.1 Å². The summed E-state index contributed by atoms with van der Waals surface area (Å²) in [6.07, 6.45) is 1.48. The number of phenols is 1. The smallest absolute Gasteiger partial charge is 0.275 e. The molecule has 0 aliphatic rings. The van der Waals surface area contributed by atoms with Crippen LogP contribution in [0.15, 0.2) is 76.3 Å². The predicted molar refractivity (Wildman–Crippen MR) is 147 cm³/mol. The summed E-state index contributed by atoms with van der Waals surface area (Å²) in [5.41, 5.74) is 4.10. The number of amides is 1. The summed E-state index contributed by atoms with van der Waals surface area (Å²) in [6.45, 7) is 2.57. The van der Waals surface area contributed by atoms with Gasteiger partial charge in [-0.25, -0.2) is 5.43 Å². The Morgan fingerprint density at radius 2 is 1.72 bits per heavy atom. The van der Waals surface area contributed by atoms with Crippen LogP contribution in [0.1, 0.15) is 28.4 Å². The lowest BCUT2D eigenvalue weighted by Crippen LogP contribution is -2.17. The summed E-state index contributed by atoms with van der Waals surface area (Å²) in [5.74, 6) is 0.389. The number of phenolic OH excluding ortho intramolecular Hbond substituents is 1. The van der Waals surface area contributed by atoms with Crippen LogP contribution in [-0.4, -0.2) is 23.8 Å². The van der Waals surface area contributed by atoms with Crippen molar-refractivity contribution in [3.05, 3.63) is 97.9 Å². The first-order valence-electron chi connectivity index (χ1n) is 10.9. The van der Waals surface area contributed by atoms with E-state index in [1.165, 1.54) is 6.21 Å². The number of nitrogens with one attached hydrogen (secondary N) is 1. The highest BCUT2D eigenvalue weighted by Gasteiger charge is 2.13. The van der Waals surface area contributed by atoms with Crippen molar-refractivity contribution in [2.45, 2.75) is 13.5 Å². The molecule has 9 heteroatoms. The van der Waals surface area contributed by atoms with Gasteiger partial charge in [-0.05, 0) is 75.6 Å². The number of hydrogen-bond acceptors (Lipinski definition) is 5. The van der Waals surface area contributed by atoms with E-state index < -0.39 is 5.91 Å². The number of ether oxygens (including phenoxy) is 2. The van der Waals surface area contributed by atoms with Crippen molar-refractivity contribution in [3.8, 4) is 17.2 Å². The minimum atomic E-state index is -0.530. The molecule has 4 aromatic rings. The summed E-state index contributed by atoms with van der Waals surface area (Å²) in [5, 5.41) is 16.9. The second-order valence-corrected chi connectivity index (χ2v) is 9.37. The second kappa shape index (κ2) is 11.6. The molecule has 4 aromatic carbocycles. The zero-order valence-electron chi connectivity index (χ0n) is 19.1. The molecule has 0 aliphatic carbocycles. The van der Waals surface area contributed by atoms with Crippen molar-refractivity contribution in [1.29, 1.82) is 0 Å². The highest BCUT2D eigenvalue weighted by molar-refractivity contribution is 9.10. The molecule has 6 nitrogen and oxygen atoms in total. The third kappa shape index (κ3) is 6.10. The summed E-state index contributed by atoms with van der Waals surface area (Å²) < 4.78 is 12.4. The van der Waals surface area contributed by atoms with Gasteiger partial charge in [0.05, 0.1) is 28.4 Å². The van der Waals surface area contributed by atoms with Crippen LogP contribution in [0.5, 0.6) is 17.2 Å². The molecular weight excluding hydrogens is 567 g/mol. The molecule has 1 amide bonds. The highest BCUT2D eigenvalue weighted by atomic mass is 79.9. The zero-order valence-corrected chi connectivity index (χ0v) is 22.2. The van der Waals surface area contributed by atoms with Crippen molar-refractivity contribution in [3.63, 3.8) is 0 Å². The molecule has 0 saturated heterocycles. The monoisotopic (exact) mass is 586 g/mol. The van der Waals surface area contributed by atoms with E-state index in [1.807, 2.05) is 37.3 Å². The number of nitrogens with zero attached hydrogens (tertiary/aromatic N) is 1. The molecule has 0 aliphatic heterocycles. The SMILES string of the molecule is CCOc1cc(C=NNC(=O)c2cc3ccccc3cc2O)c(Br)cc1OCc1ccc(Cl)c(Cl)c1. The molecule has 0 saturated carbocycles. The first kappa shape index (κ1) is 25.8. The molecule has 0 spiro atoms. The van der Waals surface area contributed by atoms with Crippen molar-refractivity contribution in [2.24, 2.45) is 5.10 Å². The van der Waals surface area contributed by atoms with Crippen LogP contribution in [0.2, 0.25) is 10.0 Å². The van der Waals surface area contributed by atoms with Crippen LogP contribution in [0, 0.1) is 0 Å². The van der Waals surface area contributed by atoms with E-state index in [9.17, 15) is 9.90 Å². The van der Waals surface area contributed by atoms with Gasteiger partial charge >= 0.3 is 0 Å². The molecule has 2 N–H and O–H groups in total. The van der Waals surface area contributed by atoms with Gasteiger partial charge < -0.3 is 14.6 Å². The lowest BCUT2D eigenvalue weighted by atomic mass is 10.1. The summed E-state index contributed by atoms with van der Waals surface area (Å²) in [7, 11) is 0. The van der Waals surface area contributed by atoms with E-state index >= 15 is 0 Å². The van der Waals surface area contributed by atoms with E-state index in [0.717, 1.165) is 16.3 Å². The Kier molecular flexibility index (Phi) is 8.36. The van der Waals surface area contributed by atoms with Crippen LogP contribution < -0.4 is 14.9 Å². The van der Waals surface area contributed by atoms with E-state index in [4.69, 9.17) is 32.7 Å². The quantitative estimate of drug-likeness (QED) is 0.167. The maximum absolute atomic E-state index is 12.6. The van der Waals surface area contributed by atoms with Gasteiger partial charge in [0.1, 0.15) is 12.4 Å². The Bertz CT molecular complexity index is 1460. The van der Waals surface area contributed by atoms with Crippen molar-refractivity contribution in [1.82, 2.24) is 5.43 Å². The summed E-state index contributed by atoms with van der Waals surface area (Å²) in [4.78, 5) is 12.6. The Balaban J connectivity index is 1.49. The minimum absolute atomic E-state index is 0.121. The lowest BCUT2D eigenvalue weighted by molar-refractivity contribution is 0.0952. The van der Waals surface area contributed by atoms with Gasteiger partial charge in [0.25, 0.3) is 5.91 Å². The molecule has 0 heterocycles. The fourth-order valence-electron chi connectivity index (χ4n) is 3.45. The molecule has 0 unspecified atom stereocenters. The lowest BCUT2D eigenvalue weighted by Gasteiger charge is -2.14. The van der Waals surface area contributed by atoms with Crippen LogP contribution in [0.25, 0.3) is 10.8 Å². The molecule has 0 fully saturated rings. The van der Waals surface area contributed by atoms with E-state index in [-0.39, 0.29) is 17.9 Å². The Morgan fingerprint density at radius 1 is 1.00 bits per heavy atom. The summed E-state index contributed by atoms with van der Waals surface area (Å²) >= 11 is 15.6. The normalized spacial score (nSPS) is 11.1. The number of benzene rings is 4. The van der Waals surface area contributed by atoms with Gasteiger partial charge in [-0.15, -0.1) is 0 Å². The Hall–Kier alpha value is -3.26. The van der Waals surface area contributed by atoms with E-state index in [1.54, 1.807) is 36.4 Å². The number of rotatable bonds is 8. The minimum Gasteiger partial charge on any atom is -0.507 e. The van der Waals surface area contributed by atoms with Crippen molar-refractivity contribution < 1.29 is 19.4 Å². The Morgan fingerprint density at radius 3 is 2.44 bits per heavy atom. The summed E-state index contributed by atoms with van der Waals surface area (Å²) in [6, 6.07) is 19.4. The van der Waals surface area contributed by atoms with Gasteiger partial charge in [-0.3, -0.25) is 4.79 Å². The first-order valence-corrected chi connectivity index (χ1v) is 12.5. The standard InChI is InChI=1S/C27H21BrCl2N2O4/c1-2-35-25-12-19(21(28)13-26(25)36-15-16-7-8-22(29)23(30)9-16)14-31-32-27(34)20-10-17-5-3-4-6-18(17)11-24(20)33/h3-14,33H,2,15H2,1H3,(H,32,34). The number of carbonyl (C=O) groups is 1. The highest BCUT2D eigenvalue weighted by Crippen LogP contribution is 2.34. The van der Waals surface area contributed by atoms with Gasteiger partial charge in [-0.1, -0.05) is 53.5 Å². The maximum atomic E-state index is 12.6. The van der Waals surface area contributed by atoms with Gasteiger partial charge in [0, 0.05) is 10.0 Å². The van der Waals surface area contributed by atoms with Crippen LogP contribution in [-0.2, 0) is 6.61 Å². The average Bonchev–Trinajstić information content (AvgIpc) is 2.86.